The van der Waals surface area contributed by atoms with Gasteiger partial charge in [-0.2, -0.15) is 0 Å². The lowest BCUT2D eigenvalue weighted by Gasteiger charge is -2.15. The Morgan fingerprint density at radius 1 is 1.39 bits per heavy atom. The van der Waals surface area contributed by atoms with E-state index in [1.807, 2.05) is 12.1 Å². The van der Waals surface area contributed by atoms with E-state index < -0.39 is 0 Å². The van der Waals surface area contributed by atoms with Crippen molar-refractivity contribution in [2.24, 2.45) is 5.92 Å². The molecule has 0 saturated heterocycles. The van der Waals surface area contributed by atoms with Gasteiger partial charge in [-0.15, -0.1) is 0 Å². The van der Waals surface area contributed by atoms with Gasteiger partial charge < -0.3 is 4.74 Å². The summed E-state index contributed by atoms with van der Waals surface area (Å²) in [7, 11) is 0. The Bertz CT molecular complexity index is 443. The van der Waals surface area contributed by atoms with Crippen molar-refractivity contribution in [3.63, 3.8) is 0 Å². The van der Waals surface area contributed by atoms with Gasteiger partial charge >= 0.3 is 0 Å². The molecule has 0 spiro atoms. The quantitative estimate of drug-likeness (QED) is 0.609. The zero-order valence-corrected chi connectivity index (χ0v) is 12.5. The molecule has 18 heavy (non-hydrogen) atoms. The Morgan fingerprint density at radius 2 is 1.94 bits per heavy atom. The lowest BCUT2D eigenvalue weighted by Crippen LogP contribution is -1.96. The second-order valence-electron chi connectivity index (χ2n) is 4.32. The minimum Gasteiger partial charge on any atom is -0.462 e. The third-order valence-electron chi connectivity index (χ3n) is 2.57. The Kier molecular flexibility index (Phi) is 5.77. The molecule has 0 saturated carbocycles. The maximum Gasteiger partial charge on any atom is 0.133 e. The molecule has 0 heterocycles. The normalized spacial score (nSPS) is 13.3. The molecule has 1 atom stereocenters. The molecule has 3 heteroatoms. The molecule has 98 valence electrons. The Balaban J connectivity index is 3.25. The van der Waals surface area contributed by atoms with Crippen LogP contribution < -0.4 is 0 Å². The standard InChI is InChI=1S/C15H18Cl2O/c1-5-11(4)9-14(18-10(2)3)15-12(16)7-6-8-13(15)17/h6-9,11H,2,5H2,1,3-4H3/b14-9-. The van der Waals surface area contributed by atoms with Crippen molar-refractivity contribution in [2.75, 3.05) is 0 Å². The SMILES string of the molecule is C=C(C)O/C(=C\C(C)CC)c1c(Cl)cccc1Cl. The van der Waals surface area contributed by atoms with Crippen molar-refractivity contribution >= 4 is 29.0 Å². The number of rotatable bonds is 5. The first-order valence-electron chi connectivity index (χ1n) is 5.95. The number of benzene rings is 1. The highest BCUT2D eigenvalue weighted by Crippen LogP contribution is 2.33. The fourth-order valence-electron chi connectivity index (χ4n) is 1.47. The van der Waals surface area contributed by atoms with E-state index in [0.29, 0.717) is 27.5 Å². The van der Waals surface area contributed by atoms with Crippen molar-refractivity contribution in [3.8, 4) is 0 Å². The van der Waals surface area contributed by atoms with Gasteiger partial charge in [0.05, 0.1) is 21.4 Å². The van der Waals surface area contributed by atoms with Crippen LogP contribution in [0.1, 0.15) is 32.8 Å². The van der Waals surface area contributed by atoms with Gasteiger partial charge in [-0.25, -0.2) is 0 Å². The van der Waals surface area contributed by atoms with Gasteiger partial charge in [0.25, 0.3) is 0 Å². The molecule has 0 fully saturated rings. The van der Waals surface area contributed by atoms with Crippen LogP contribution in [0.15, 0.2) is 36.6 Å². The molecule has 0 N–H and O–H groups in total. The summed E-state index contributed by atoms with van der Waals surface area (Å²) in [5.74, 6) is 1.67. The van der Waals surface area contributed by atoms with Crippen molar-refractivity contribution in [2.45, 2.75) is 27.2 Å². The molecule has 1 aromatic carbocycles. The summed E-state index contributed by atoms with van der Waals surface area (Å²) < 4.78 is 5.67. The average molecular weight is 285 g/mol. The molecule has 0 amide bonds. The van der Waals surface area contributed by atoms with E-state index in [9.17, 15) is 0 Å². The van der Waals surface area contributed by atoms with E-state index in [-0.39, 0.29) is 0 Å². The first-order valence-corrected chi connectivity index (χ1v) is 6.70. The van der Waals surface area contributed by atoms with Crippen molar-refractivity contribution in [1.82, 2.24) is 0 Å². The summed E-state index contributed by atoms with van der Waals surface area (Å²) in [4.78, 5) is 0. The molecule has 0 aliphatic heterocycles. The molecular weight excluding hydrogens is 267 g/mol. The summed E-state index contributed by atoms with van der Waals surface area (Å²) in [6.45, 7) is 9.80. The van der Waals surface area contributed by atoms with Gasteiger partial charge in [-0.1, -0.05) is 49.7 Å². The molecular formula is C15H18Cl2O. The Morgan fingerprint density at radius 3 is 2.39 bits per heavy atom. The number of hydrogen-bond acceptors (Lipinski definition) is 1. The smallest absolute Gasteiger partial charge is 0.133 e. The van der Waals surface area contributed by atoms with Crippen LogP contribution in [0.4, 0.5) is 0 Å². The summed E-state index contributed by atoms with van der Waals surface area (Å²) in [5.41, 5.74) is 0.726. The first-order chi connectivity index (χ1) is 8.45. The van der Waals surface area contributed by atoms with Gasteiger partial charge in [0.1, 0.15) is 5.76 Å². The van der Waals surface area contributed by atoms with Gasteiger partial charge in [-0.3, -0.25) is 0 Å². The number of halogens is 2. The lowest BCUT2D eigenvalue weighted by atomic mass is 10.1. The van der Waals surface area contributed by atoms with E-state index in [1.54, 1.807) is 19.1 Å². The van der Waals surface area contributed by atoms with Crippen LogP contribution in [0.2, 0.25) is 10.0 Å². The zero-order valence-electron chi connectivity index (χ0n) is 11.0. The van der Waals surface area contributed by atoms with E-state index in [2.05, 4.69) is 20.4 Å². The summed E-state index contributed by atoms with van der Waals surface area (Å²) in [5, 5.41) is 1.16. The minimum atomic E-state index is 0.381. The van der Waals surface area contributed by atoms with Crippen LogP contribution >= 0.6 is 23.2 Å². The molecule has 1 rings (SSSR count). The highest BCUT2D eigenvalue weighted by atomic mass is 35.5. The van der Waals surface area contributed by atoms with E-state index >= 15 is 0 Å². The van der Waals surface area contributed by atoms with Gasteiger partial charge in [0.2, 0.25) is 0 Å². The monoisotopic (exact) mass is 284 g/mol. The number of allylic oxidation sites excluding steroid dienone is 2. The van der Waals surface area contributed by atoms with Crippen LogP contribution in [0, 0.1) is 5.92 Å². The van der Waals surface area contributed by atoms with Crippen LogP contribution in [0.3, 0.4) is 0 Å². The lowest BCUT2D eigenvalue weighted by molar-refractivity contribution is 0.383. The Labute approximate surface area is 119 Å². The third kappa shape index (κ3) is 4.08. The fourth-order valence-corrected chi connectivity index (χ4v) is 2.05. The largest absolute Gasteiger partial charge is 0.462 e. The number of ether oxygens (including phenoxy) is 1. The molecule has 0 aliphatic carbocycles. The van der Waals surface area contributed by atoms with Crippen molar-refractivity contribution < 1.29 is 4.74 Å². The second-order valence-corrected chi connectivity index (χ2v) is 5.13. The van der Waals surface area contributed by atoms with Crippen molar-refractivity contribution in [1.29, 1.82) is 0 Å². The number of hydrogen-bond donors (Lipinski definition) is 0. The second kappa shape index (κ2) is 6.86. The van der Waals surface area contributed by atoms with E-state index in [4.69, 9.17) is 27.9 Å². The maximum atomic E-state index is 6.20. The molecule has 1 unspecified atom stereocenters. The summed E-state index contributed by atoms with van der Waals surface area (Å²) >= 11 is 12.4. The summed E-state index contributed by atoms with van der Waals surface area (Å²) in [6.07, 6.45) is 3.05. The Hall–Kier alpha value is -0.920. The van der Waals surface area contributed by atoms with Crippen molar-refractivity contribution in [3.05, 3.63) is 52.2 Å². The molecule has 1 aromatic rings. The predicted molar refractivity (Wildman–Crippen MR) is 79.8 cm³/mol. The maximum absolute atomic E-state index is 6.20. The third-order valence-corrected chi connectivity index (χ3v) is 3.20. The molecule has 0 radical (unpaired) electrons. The van der Waals surface area contributed by atoms with Crippen LogP contribution in [-0.2, 0) is 4.74 Å². The minimum absolute atomic E-state index is 0.381. The predicted octanol–water partition coefficient (Wildman–Crippen LogP) is 5.93. The van der Waals surface area contributed by atoms with E-state index in [0.717, 1.165) is 12.0 Å². The topological polar surface area (TPSA) is 9.23 Å². The fraction of sp³-hybridized carbons (Fsp3) is 0.333. The highest BCUT2D eigenvalue weighted by molar-refractivity contribution is 6.37. The van der Waals surface area contributed by atoms with Gasteiger partial charge in [0.15, 0.2) is 0 Å². The molecule has 0 aliphatic rings. The summed E-state index contributed by atoms with van der Waals surface area (Å²) in [6, 6.07) is 5.42. The van der Waals surface area contributed by atoms with Gasteiger partial charge in [0, 0.05) is 0 Å². The van der Waals surface area contributed by atoms with Gasteiger partial charge in [-0.05, 0) is 37.5 Å². The van der Waals surface area contributed by atoms with E-state index in [1.165, 1.54) is 0 Å². The highest BCUT2D eigenvalue weighted by Gasteiger charge is 2.14. The van der Waals surface area contributed by atoms with Crippen LogP contribution in [-0.4, -0.2) is 0 Å². The van der Waals surface area contributed by atoms with Crippen LogP contribution in [0.5, 0.6) is 0 Å². The first kappa shape index (κ1) is 15.1. The molecule has 0 aromatic heterocycles. The molecule has 1 nitrogen and oxygen atoms in total. The zero-order chi connectivity index (χ0) is 13.7. The average Bonchev–Trinajstić information content (AvgIpc) is 2.27. The molecule has 0 bridgehead atoms. The van der Waals surface area contributed by atoms with Crippen LogP contribution in [0.25, 0.3) is 5.76 Å².